The number of fused-ring (bicyclic) bond motifs is 2. The molecule has 204 valence electrons. The first-order valence-electron chi connectivity index (χ1n) is 13.7. The van der Waals surface area contributed by atoms with Crippen LogP contribution in [0.25, 0.3) is 43.8 Å². The quantitative estimate of drug-likeness (QED) is 0.172. The van der Waals surface area contributed by atoms with Gasteiger partial charge >= 0.3 is 66.7 Å². The van der Waals surface area contributed by atoms with Crippen LogP contribution in [-0.2, 0) is 23.9 Å². The summed E-state index contributed by atoms with van der Waals surface area (Å²) in [4.78, 5) is 0. The zero-order valence-electron chi connectivity index (χ0n) is 23.3. The Hall–Kier alpha value is -2.58. The van der Waals surface area contributed by atoms with E-state index in [0.29, 0.717) is 0 Å². The van der Waals surface area contributed by atoms with Gasteiger partial charge in [0, 0.05) is 0 Å². The van der Waals surface area contributed by atoms with Crippen molar-refractivity contribution in [2.45, 2.75) is 39.5 Å². The molecule has 0 aliphatic rings. The number of benzene rings is 4. The fourth-order valence-electron chi connectivity index (χ4n) is 4.79. The van der Waals surface area contributed by atoms with Crippen molar-refractivity contribution in [3.8, 4) is 22.3 Å². The Morgan fingerprint density at radius 2 is 0.925 bits per heavy atom. The van der Waals surface area contributed by atoms with E-state index in [1.807, 2.05) is 0 Å². The molecule has 0 radical (unpaired) electrons. The fourth-order valence-corrected chi connectivity index (χ4v) is 6.59. The molecule has 6 aromatic carbocycles. The Labute approximate surface area is 267 Å². The van der Waals surface area contributed by atoms with Gasteiger partial charge in [-0.3, -0.25) is 0 Å². The molecule has 40 heavy (non-hydrogen) atoms. The van der Waals surface area contributed by atoms with E-state index in [1.54, 1.807) is 3.26 Å². The van der Waals surface area contributed by atoms with Crippen molar-refractivity contribution in [3.63, 3.8) is 0 Å². The van der Waals surface area contributed by atoms with Crippen LogP contribution < -0.4 is 24.8 Å². The van der Waals surface area contributed by atoms with Gasteiger partial charge < -0.3 is 24.8 Å². The van der Waals surface area contributed by atoms with Crippen molar-refractivity contribution in [2.24, 2.45) is 0 Å². The average molecular weight is 730 g/mol. The summed E-state index contributed by atoms with van der Waals surface area (Å²) in [6.07, 6.45) is 5.47. The van der Waals surface area contributed by atoms with Gasteiger partial charge in [0.15, 0.2) is 0 Å². The standard InChI is InChI=1S/2C15H11.C7H14.2ClH.Hf/c2*1-2-6-12(7-3-1)14-10-4-8-13-9-5-11-15(13)14;1-3-5-7-6-4-2;;;/h2*1-11H;3-6H2,1-2H3;2*1H;/q2*-1;;;;+2/p-2. The Balaban J connectivity index is 0.000000216. The Kier molecular flexibility index (Phi) is 15.1. The maximum absolute atomic E-state index is 2.26. The van der Waals surface area contributed by atoms with E-state index in [9.17, 15) is 0 Å². The molecule has 0 unspecified atom stereocenters. The third-order valence-electron chi connectivity index (χ3n) is 6.63. The van der Waals surface area contributed by atoms with Crippen LogP contribution in [0.5, 0.6) is 0 Å². The molecule has 3 heteroatoms. The van der Waals surface area contributed by atoms with Gasteiger partial charge in [-0.1, -0.05) is 83.9 Å². The maximum atomic E-state index is 2.26. The van der Waals surface area contributed by atoms with E-state index in [0.717, 1.165) is 0 Å². The third kappa shape index (κ3) is 9.23. The SMILES string of the molecule is CCC[C](=[Hf+2])CCC.[Cl-].[Cl-].c1ccc(-c2cccc3[cH-]ccc23)cc1.c1ccc(-c2cccc3[cH-]ccc23)cc1. The van der Waals surface area contributed by atoms with Crippen LogP contribution in [-0.4, -0.2) is 3.26 Å². The smallest absolute Gasteiger partial charge is 0.0279 e. The van der Waals surface area contributed by atoms with Gasteiger partial charge in [0.25, 0.3) is 0 Å². The molecule has 0 amide bonds. The van der Waals surface area contributed by atoms with E-state index < -0.39 is 0 Å². The summed E-state index contributed by atoms with van der Waals surface area (Å²) < 4.78 is 1.80. The van der Waals surface area contributed by atoms with Gasteiger partial charge in [0.2, 0.25) is 0 Å². The molecule has 0 N–H and O–H groups in total. The van der Waals surface area contributed by atoms with Crippen LogP contribution in [0.15, 0.2) is 133 Å². The summed E-state index contributed by atoms with van der Waals surface area (Å²) >= 11 is 1.33. The Morgan fingerprint density at radius 3 is 1.30 bits per heavy atom. The van der Waals surface area contributed by atoms with E-state index >= 15 is 0 Å². The van der Waals surface area contributed by atoms with Crippen molar-refractivity contribution in [1.82, 2.24) is 0 Å². The van der Waals surface area contributed by atoms with Crippen molar-refractivity contribution in [1.29, 1.82) is 0 Å². The van der Waals surface area contributed by atoms with Crippen LogP contribution in [0.3, 0.4) is 0 Å². The monoisotopic (exact) mass is 730 g/mol. The topological polar surface area (TPSA) is 0 Å². The molecule has 0 fully saturated rings. The number of rotatable bonds is 6. The summed E-state index contributed by atoms with van der Waals surface area (Å²) in [5.41, 5.74) is 5.21. The molecule has 0 heterocycles. The van der Waals surface area contributed by atoms with Crippen molar-refractivity contribution in [2.75, 3.05) is 0 Å². The molecule has 6 rings (SSSR count). The average Bonchev–Trinajstić information content (AvgIpc) is 3.65. The Morgan fingerprint density at radius 1 is 0.525 bits per heavy atom. The second kappa shape index (κ2) is 18.0. The van der Waals surface area contributed by atoms with Crippen LogP contribution in [0.1, 0.15) is 39.5 Å². The molecule has 0 aromatic heterocycles. The zero-order chi connectivity index (χ0) is 26.6. The predicted molar refractivity (Wildman–Crippen MR) is 165 cm³/mol. The van der Waals surface area contributed by atoms with Gasteiger partial charge in [-0.25, -0.2) is 0 Å². The van der Waals surface area contributed by atoms with Crippen molar-refractivity contribution < 1.29 is 48.7 Å². The van der Waals surface area contributed by atoms with E-state index in [1.165, 1.54) is 93.4 Å². The van der Waals surface area contributed by atoms with Gasteiger partial charge in [0.05, 0.1) is 0 Å². The zero-order valence-corrected chi connectivity index (χ0v) is 28.4. The second-order valence-corrected chi connectivity index (χ2v) is 12.0. The number of hydrogen-bond donors (Lipinski definition) is 0. The predicted octanol–water partition coefficient (Wildman–Crippen LogP) is 4.77. The summed E-state index contributed by atoms with van der Waals surface area (Å²) in [6.45, 7) is 4.51. The summed E-state index contributed by atoms with van der Waals surface area (Å²) in [7, 11) is 0. The van der Waals surface area contributed by atoms with Gasteiger partial charge in [-0.15, -0.1) is 57.9 Å². The molecule has 0 spiro atoms. The first kappa shape index (κ1) is 33.6. The van der Waals surface area contributed by atoms with Crippen LogP contribution in [0.2, 0.25) is 0 Å². The number of halogens is 2. The molecule has 0 bridgehead atoms. The molecule has 0 saturated carbocycles. The molecule has 0 saturated heterocycles. The molecule has 6 aromatic rings. The minimum atomic E-state index is 0. The fraction of sp³-hybridized carbons (Fsp3) is 0.162. The molecule has 0 aliphatic heterocycles. The molecule has 0 atom stereocenters. The van der Waals surface area contributed by atoms with Crippen LogP contribution in [0.4, 0.5) is 0 Å². The minimum Gasteiger partial charge on any atom is -1.00 e. The molecular weight excluding hydrogens is 694 g/mol. The largest absolute Gasteiger partial charge is 1.00 e. The summed E-state index contributed by atoms with van der Waals surface area (Å²) in [5.74, 6) is 0. The van der Waals surface area contributed by atoms with Crippen LogP contribution >= 0.6 is 0 Å². The number of hydrogen-bond acceptors (Lipinski definition) is 0. The minimum absolute atomic E-state index is 0. The van der Waals surface area contributed by atoms with Crippen molar-refractivity contribution >= 4 is 24.8 Å². The van der Waals surface area contributed by atoms with Crippen molar-refractivity contribution in [3.05, 3.63) is 133 Å². The molecule has 0 aliphatic carbocycles. The van der Waals surface area contributed by atoms with Gasteiger partial charge in [-0.2, -0.15) is 24.3 Å². The summed E-state index contributed by atoms with van der Waals surface area (Å²) in [5, 5.41) is 5.31. The van der Waals surface area contributed by atoms with E-state index in [4.69, 9.17) is 0 Å². The first-order valence-corrected chi connectivity index (χ1v) is 15.5. The molecule has 0 nitrogen and oxygen atoms in total. The normalized spacial score (nSPS) is 9.90. The van der Waals surface area contributed by atoms with Gasteiger partial charge in [-0.05, 0) is 11.1 Å². The second-order valence-electron chi connectivity index (χ2n) is 9.50. The summed E-state index contributed by atoms with van der Waals surface area (Å²) in [6, 6.07) is 46.8. The van der Waals surface area contributed by atoms with Crippen LogP contribution in [0, 0.1) is 0 Å². The third-order valence-corrected chi connectivity index (χ3v) is 8.43. The van der Waals surface area contributed by atoms with E-state index in [2.05, 4.69) is 147 Å². The van der Waals surface area contributed by atoms with E-state index in [-0.39, 0.29) is 24.8 Å². The first-order chi connectivity index (χ1) is 18.7. The molecular formula is C37H36Cl2Hf-2. The maximum Gasteiger partial charge on any atom is -0.0279 e. The Bertz CT molecular complexity index is 1430. The van der Waals surface area contributed by atoms with Gasteiger partial charge in [0.1, 0.15) is 0 Å².